The highest BCUT2D eigenvalue weighted by molar-refractivity contribution is 9.10. The van der Waals surface area contributed by atoms with Crippen LogP contribution in [-0.2, 0) is 21.2 Å². The van der Waals surface area contributed by atoms with Gasteiger partial charge in [-0.2, -0.15) is 0 Å². The van der Waals surface area contributed by atoms with E-state index in [0.29, 0.717) is 22.4 Å². The molecule has 0 fully saturated rings. The second kappa shape index (κ2) is 9.01. The number of halogens is 1. The molecule has 0 heterocycles. The van der Waals surface area contributed by atoms with E-state index >= 15 is 0 Å². The van der Waals surface area contributed by atoms with Gasteiger partial charge in [-0.15, -0.1) is 0 Å². The molecule has 2 aromatic rings. The summed E-state index contributed by atoms with van der Waals surface area (Å²) >= 11 is 3.25. The van der Waals surface area contributed by atoms with Crippen molar-refractivity contribution >= 4 is 37.8 Å². The van der Waals surface area contributed by atoms with Crippen molar-refractivity contribution in [2.24, 2.45) is 0 Å². The summed E-state index contributed by atoms with van der Waals surface area (Å²) in [5, 5.41) is 2.51. The van der Waals surface area contributed by atoms with Gasteiger partial charge in [-0.1, -0.05) is 12.1 Å². The Morgan fingerprint density at radius 2 is 1.78 bits per heavy atom. The predicted octanol–water partition coefficient (Wildman–Crippen LogP) is 2.25. The number of benzene rings is 2. The summed E-state index contributed by atoms with van der Waals surface area (Å²) in [4.78, 5) is 23.6. The third kappa shape index (κ3) is 5.54. The highest BCUT2D eigenvalue weighted by Gasteiger charge is 2.20. The predicted molar refractivity (Wildman–Crippen MR) is 104 cm³/mol. The van der Waals surface area contributed by atoms with Crippen LogP contribution >= 0.6 is 15.9 Å². The highest BCUT2D eigenvalue weighted by Crippen LogP contribution is 2.27. The SMILES string of the molecule is CCOc1ccc(S(=O)(=O)NC(=O)c2ccc(CC(=O)NC)cc2)cc1Br. The van der Waals surface area contributed by atoms with Crippen molar-refractivity contribution in [2.45, 2.75) is 18.2 Å². The number of carbonyl (C=O) groups is 2. The van der Waals surface area contributed by atoms with Crippen LogP contribution in [-0.4, -0.2) is 33.9 Å². The van der Waals surface area contributed by atoms with Crippen LogP contribution in [0.1, 0.15) is 22.8 Å². The lowest BCUT2D eigenvalue weighted by Gasteiger charge is -2.10. The molecule has 144 valence electrons. The zero-order valence-electron chi connectivity index (χ0n) is 14.8. The highest BCUT2D eigenvalue weighted by atomic mass is 79.9. The molecule has 0 saturated carbocycles. The molecule has 0 atom stereocenters. The Morgan fingerprint density at radius 3 is 2.33 bits per heavy atom. The summed E-state index contributed by atoms with van der Waals surface area (Å²) in [5.41, 5.74) is 0.883. The third-order valence-corrected chi connectivity index (χ3v) is 5.55. The van der Waals surface area contributed by atoms with Crippen molar-refractivity contribution in [3.8, 4) is 5.75 Å². The molecule has 0 spiro atoms. The van der Waals surface area contributed by atoms with E-state index in [1.54, 1.807) is 12.1 Å². The van der Waals surface area contributed by atoms with Gasteiger partial charge in [0.25, 0.3) is 15.9 Å². The molecule has 0 aliphatic heterocycles. The van der Waals surface area contributed by atoms with Gasteiger partial charge in [0.05, 0.1) is 22.4 Å². The van der Waals surface area contributed by atoms with E-state index < -0.39 is 15.9 Å². The van der Waals surface area contributed by atoms with E-state index in [1.165, 1.54) is 37.4 Å². The van der Waals surface area contributed by atoms with Gasteiger partial charge in [0.15, 0.2) is 0 Å². The van der Waals surface area contributed by atoms with Gasteiger partial charge in [-0.25, -0.2) is 13.1 Å². The van der Waals surface area contributed by atoms with E-state index in [1.807, 2.05) is 11.6 Å². The average Bonchev–Trinajstić information content (AvgIpc) is 2.63. The van der Waals surface area contributed by atoms with Crippen LogP contribution < -0.4 is 14.8 Å². The number of ether oxygens (including phenoxy) is 1. The molecular formula is C18H19BrN2O5S. The summed E-state index contributed by atoms with van der Waals surface area (Å²) in [7, 11) is -2.51. The maximum atomic E-state index is 12.4. The molecule has 7 nitrogen and oxygen atoms in total. The lowest BCUT2D eigenvalue weighted by molar-refractivity contribution is -0.119. The largest absolute Gasteiger partial charge is 0.493 e. The first-order valence-electron chi connectivity index (χ1n) is 8.06. The molecule has 0 radical (unpaired) electrons. The molecule has 2 N–H and O–H groups in total. The first kappa shape index (κ1) is 20.9. The van der Waals surface area contributed by atoms with Gasteiger partial charge >= 0.3 is 0 Å². The van der Waals surface area contributed by atoms with Crippen molar-refractivity contribution in [1.29, 1.82) is 0 Å². The Morgan fingerprint density at radius 1 is 1.11 bits per heavy atom. The topological polar surface area (TPSA) is 102 Å². The van der Waals surface area contributed by atoms with Crippen LogP contribution in [0.25, 0.3) is 0 Å². The molecule has 0 aliphatic rings. The number of sulfonamides is 1. The first-order chi connectivity index (χ1) is 12.8. The maximum Gasteiger partial charge on any atom is 0.264 e. The molecule has 0 unspecified atom stereocenters. The van der Waals surface area contributed by atoms with Crippen LogP contribution in [0.4, 0.5) is 0 Å². The lowest BCUT2D eigenvalue weighted by Crippen LogP contribution is -2.30. The van der Waals surface area contributed by atoms with Crippen LogP contribution in [0, 0.1) is 0 Å². The van der Waals surface area contributed by atoms with Crippen LogP contribution in [0.15, 0.2) is 51.8 Å². The van der Waals surface area contributed by atoms with Crippen LogP contribution in [0.5, 0.6) is 5.75 Å². The third-order valence-electron chi connectivity index (χ3n) is 3.60. The van der Waals surface area contributed by atoms with Crippen LogP contribution in [0.3, 0.4) is 0 Å². The average molecular weight is 455 g/mol. The maximum absolute atomic E-state index is 12.4. The van der Waals surface area contributed by atoms with E-state index in [-0.39, 0.29) is 22.8 Å². The minimum atomic E-state index is -4.04. The normalized spacial score (nSPS) is 10.9. The van der Waals surface area contributed by atoms with E-state index in [2.05, 4.69) is 21.2 Å². The number of nitrogens with one attached hydrogen (secondary N) is 2. The lowest BCUT2D eigenvalue weighted by atomic mass is 10.1. The van der Waals surface area contributed by atoms with E-state index in [4.69, 9.17) is 4.74 Å². The summed E-state index contributed by atoms with van der Waals surface area (Å²) in [6, 6.07) is 10.4. The summed E-state index contributed by atoms with van der Waals surface area (Å²) in [6.45, 7) is 2.26. The molecule has 2 amide bonds. The Kier molecular flexibility index (Phi) is 6.98. The Balaban J connectivity index is 2.14. The first-order valence-corrected chi connectivity index (χ1v) is 10.3. The van der Waals surface area contributed by atoms with Crippen molar-refractivity contribution in [3.63, 3.8) is 0 Å². The monoisotopic (exact) mass is 454 g/mol. The number of hydrogen-bond donors (Lipinski definition) is 2. The van der Waals surface area contributed by atoms with Crippen LogP contribution in [0.2, 0.25) is 0 Å². The van der Waals surface area contributed by atoms with Crippen molar-refractivity contribution in [1.82, 2.24) is 10.0 Å². The molecule has 9 heteroatoms. The zero-order valence-corrected chi connectivity index (χ0v) is 17.2. The molecule has 0 aromatic heterocycles. The Bertz CT molecular complexity index is 943. The fourth-order valence-corrected chi connectivity index (χ4v) is 3.85. The minimum absolute atomic E-state index is 0.0672. The number of hydrogen-bond acceptors (Lipinski definition) is 5. The fourth-order valence-electron chi connectivity index (χ4n) is 2.21. The van der Waals surface area contributed by atoms with Gasteiger partial charge in [0.1, 0.15) is 5.75 Å². The molecule has 0 saturated heterocycles. The van der Waals surface area contributed by atoms with Crippen molar-refractivity contribution in [3.05, 3.63) is 58.1 Å². The Labute approximate surface area is 166 Å². The molecule has 2 aromatic carbocycles. The van der Waals surface area contributed by atoms with E-state index in [0.717, 1.165) is 0 Å². The summed E-state index contributed by atoms with van der Waals surface area (Å²) in [6.07, 6.45) is 0.177. The van der Waals surface area contributed by atoms with Gasteiger partial charge in [0, 0.05) is 12.6 Å². The smallest absolute Gasteiger partial charge is 0.264 e. The van der Waals surface area contributed by atoms with Crippen molar-refractivity contribution < 1.29 is 22.7 Å². The van der Waals surface area contributed by atoms with Gasteiger partial charge in [-0.3, -0.25) is 9.59 Å². The second-order valence-electron chi connectivity index (χ2n) is 5.51. The number of carbonyl (C=O) groups excluding carboxylic acids is 2. The van der Waals surface area contributed by atoms with Gasteiger partial charge in [-0.05, 0) is 58.7 Å². The zero-order chi connectivity index (χ0) is 20.0. The molecule has 0 aliphatic carbocycles. The quantitative estimate of drug-likeness (QED) is 0.667. The molecule has 27 heavy (non-hydrogen) atoms. The molecule has 0 bridgehead atoms. The van der Waals surface area contributed by atoms with Crippen molar-refractivity contribution in [2.75, 3.05) is 13.7 Å². The van der Waals surface area contributed by atoms with E-state index in [9.17, 15) is 18.0 Å². The number of rotatable bonds is 7. The van der Waals surface area contributed by atoms with Gasteiger partial charge in [0.2, 0.25) is 5.91 Å². The molecular weight excluding hydrogens is 436 g/mol. The Hall–Kier alpha value is -2.39. The minimum Gasteiger partial charge on any atom is -0.493 e. The number of likely N-dealkylation sites (N-methyl/N-ethyl adjacent to an activating group) is 1. The fraction of sp³-hybridized carbons (Fsp3) is 0.222. The number of amides is 2. The second-order valence-corrected chi connectivity index (χ2v) is 8.04. The standard InChI is InChI=1S/C18H19BrN2O5S/c1-3-26-16-9-8-14(11-15(16)19)27(24,25)21-18(23)13-6-4-12(5-7-13)10-17(22)20-2/h4-9,11H,3,10H2,1-2H3,(H,20,22)(H,21,23). The summed E-state index contributed by atoms with van der Waals surface area (Å²) < 4.78 is 32.7. The van der Waals surface area contributed by atoms with Gasteiger partial charge < -0.3 is 10.1 Å². The summed E-state index contributed by atoms with van der Waals surface area (Å²) in [5.74, 6) is -0.406. The molecule has 2 rings (SSSR count).